The van der Waals surface area contributed by atoms with E-state index in [0.717, 1.165) is 24.9 Å². The molecule has 0 spiro atoms. The van der Waals surface area contributed by atoms with Crippen LogP contribution < -0.4 is 5.73 Å². The molecule has 4 atom stereocenters. The average Bonchev–Trinajstić information content (AvgIpc) is 2.27. The van der Waals surface area contributed by atoms with Gasteiger partial charge in [-0.2, -0.15) is 0 Å². The molecule has 4 unspecified atom stereocenters. The SMILES string of the molecule is CC(CC(C)(N)C(=O)O)N1CC2CCCC(C2)C1. The highest BCUT2D eigenvalue weighted by molar-refractivity contribution is 5.77. The van der Waals surface area contributed by atoms with Gasteiger partial charge >= 0.3 is 5.97 Å². The quantitative estimate of drug-likeness (QED) is 0.801. The topological polar surface area (TPSA) is 66.6 Å². The number of hydrogen-bond donors (Lipinski definition) is 2. The molecule has 2 fully saturated rings. The van der Waals surface area contributed by atoms with Gasteiger partial charge in [-0.05, 0) is 51.4 Å². The minimum atomic E-state index is -1.11. The number of aliphatic carboxylic acids is 1. The molecule has 1 saturated carbocycles. The van der Waals surface area contributed by atoms with Crippen molar-refractivity contribution in [3.63, 3.8) is 0 Å². The lowest BCUT2D eigenvalue weighted by Gasteiger charge is -2.45. The molecule has 4 nitrogen and oxygen atoms in total. The number of rotatable bonds is 4. The van der Waals surface area contributed by atoms with Gasteiger partial charge in [0.15, 0.2) is 0 Å². The zero-order chi connectivity index (χ0) is 13.3. The minimum Gasteiger partial charge on any atom is -0.480 e. The van der Waals surface area contributed by atoms with Crippen LogP contribution >= 0.6 is 0 Å². The van der Waals surface area contributed by atoms with Crippen LogP contribution in [0.1, 0.15) is 46.0 Å². The second kappa shape index (κ2) is 5.17. The third-order valence-corrected chi connectivity index (χ3v) is 4.71. The lowest BCUT2D eigenvalue weighted by molar-refractivity contribution is -0.143. The van der Waals surface area contributed by atoms with E-state index in [4.69, 9.17) is 10.8 Å². The number of hydrogen-bond acceptors (Lipinski definition) is 3. The first-order valence-electron chi connectivity index (χ1n) is 7.15. The Bertz CT molecular complexity index is 305. The second-order valence-electron chi connectivity index (χ2n) is 6.63. The van der Waals surface area contributed by atoms with E-state index < -0.39 is 11.5 Å². The van der Waals surface area contributed by atoms with Gasteiger partial charge in [0.25, 0.3) is 0 Å². The Balaban J connectivity index is 1.93. The molecule has 0 aromatic carbocycles. The van der Waals surface area contributed by atoms with E-state index in [1.165, 1.54) is 25.7 Å². The molecule has 4 heteroatoms. The Morgan fingerprint density at radius 1 is 1.44 bits per heavy atom. The van der Waals surface area contributed by atoms with Crippen LogP contribution in [0.25, 0.3) is 0 Å². The molecule has 3 N–H and O–H groups in total. The molecular weight excluding hydrogens is 228 g/mol. The zero-order valence-electron chi connectivity index (χ0n) is 11.6. The number of fused-ring (bicyclic) bond motifs is 2. The Morgan fingerprint density at radius 2 is 2.00 bits per heavy atom. The van der Waals surface area contributed by atoms with Crippen molar-refractivity contribution < 1.29 is 9.90 Å². The van der Waals surface area contributed by atoms with Gasteiger partial charge in [-0.1, -0.05) is 6.42 Å². The molecule has 2 rings (SSSR count). The molecule has 18 heavy (non-hydrogen) atoms. The maximum Gasteiger partial charge on any atom is 0.323 e. The van der Waals surface area contributed by atoms with Crippen LogP contribution in [0, 0.1) is 11.8 Å². The summed E-state index contributed by atoms with van der Waals surface area (Å²) in [5, 5.41) is 9.11. The molecule has 0 aromatic rings. The van der Waals surface area contributed by atoms with Crippen LogP contribution in [0.4, 0.5) is 0 Å². The summed E-state index contributed by atoms with van der Waals surface area (Å²) in [6, 6.07) is 0.263. The summed E-state index contributed by atoms with van der Waals surface area (Å²) in [4.78, 5) is 13.6. The van der Waals surface area contributed by atoms with E-state index in [1.807, 2.05) is 0 Å². The molecule has 1 heterocycles. The summed E-state index contributed by atoms with van der Waals surface area (Å²) in [6.07, 6.45) is 5.97. The third-order valence-electron chi connectivity index (χ3n) is 4.71. The first-order chi connectivity index (χ1) is 8.38. The molecule has 2 aliphatic rings. The van der Waals surface area contributed by atoms with Crippen LogP contribution in [0.15, 0.2) is 0 Å². The fourth-order valence-electron chi connectivity index (χ4n) is 3.66. The van der Waals surface area contributed by atoms with Crippen molar-refractivity contribution in [1.29, 1.82) is 0 Å². The summed E-state index contributed by atoms with van der Waals surface area (Å²) in [5.74, 6) is 0.758. The van der Waals surface area contributed by atoms with Crippen molar-refractivity contribution in [3.8, 4) is 0 Å². The van der Waals surface area contributed by atoms with Gasteiger partial charge in [-0.25, -0.2) is 0 Å². The fourth-order valence-corrected chi connectivity index (χ4v) is 3.66. The predicted octanol–water partition coefficient (Wildman–Crippen LogP) is 1.69. The molecule has 0 aromatic heterocycles. The molecule has 1 saturated heterocycles. The molecular formula is C14H26N2O2. The summed E-state index contributed by atoms with van der Waals surface area (Å²) >= 11 is 0. The van der Waals surface area contributed by atoms with Gasteiger partial charge in [0.1, 0.15) is 5.54 Å². The predicted molar refractivity (Wildman–Crippen MR) is 71.3 cm³/mol. The summed E-state index contributed by atoms with van der Waals surface area (Å²) in [7, 11) is 0. The lowest BCUT2D eigenvalue weighted by Crippen LogP contribution is -2.53. The molecule has 2 bridgehead atoms. The molecule has 104 valence electrons. The smallest absolute Gasteiger partial charge is 0.323 e. The van der Waals surface area contributed by atoms with Gasteiger partial charge in [0, 0.05) is 19.1 Å². The molecule has 1 aliphatic carbocycles. The van der Waals surface area contributed by atoms with Crippen molar-refractivity contribution in [2.24, 2.45) is 17.6 Å². The van der Waals surface area contributed by atoms with Crippen LogP contribution in [0.2, 0.25) is 0 Å². The third kappa shape index (κ3) is 3.04. The molecule has 1 aliphatic heterocycles. The first kappa shape index (κ1) is 13.8. The van der Waals surface area contributed by atoms with E-state index in [0.29, 0.717) is 6.42 Å². The lowest BCUT2D eigenvalue weighted by atomic mass is 9.77. The number of nitrogens with zero attached hydrogens (tertiary/aromatic N) is 1. The van der Waals surface area contributed by atoms with E-state index in [9.17, 15) is 4.79 Å². The Kier molecular flexibility index (Phi) is 3.97. The highest BCUT2D eigenvalue weighted by Crippen LogP contribution is 2.35. The van der Waals surface area contributed by atoms with E-state index >= 15 is 0 Å². The number of carboxylic acid groups (broad SMARTS) is 1. The van der Waals surface area contributed by atoms with Gasteiger partial charge in [0.2, 0.25) is 0 Å². The van der Waals surface area contributed by atoms with Crippen molar-refractivity contribution >= 4 is 5.97 Å². The van der Waals surface area contributed by atoms with Crippen molar-refractivity contribution in [3.05, 3.63) is 0 Å². The van der Waals surface area contributed by atoms with Crippen molar-refractivity contribution in [2.45, 2.75) is 57.5 Å². The van der Waals surface area contributed by atoms with E-state index in [1.54, 1.807) is 6.92 Å². The Labute approximate surface area is 110 Å². The van der Waals surface area contributed by atoms with Gasteiger partial charge < -0.3 is 15.7 Å². The minimum absolute atomic E-state index is 0.263. The number of likely N-dealkylation sites (tertiary alicyclic amines) is 1. The fraction of sp³-hybridized carbons (Fsp3) is 0.929. The van der Waals surface area contributed by atoms with Crippen LogP contribution in [-0.4, -0.2) is 40.6 Å². The van der Waals surface area contributed by atoms with Gasteiger partial charge in [0.05, 0.1) is 0 Å². The van der Waals surface area contributed by atoms with Gasteiger partial charge in [-0.15, -0.1) is 0 Å². The Hall–Kier alpha value is -0.610. The standard InChI is InChI=1S/C14H26N2O2/c1-10(7-14(2,15)13(17)18)16-8-11-4-3-5-12(6-11)9-16/h10-12H,3-9,15H2,1-2H3,(H,17,18). The largest absolute Gasteiger partial charge is 0.480 e. The summed E-state index contributed by atoms with van der Waals surface area (Å²) in [5.41, 5.74) is 4.75. The van der Waals surface area contributed by atoms with E-state index in [-0.39, 0.29) is 6.04 Å². The zero-order valence-corrected chi connectivity index (χ0v) is 11.6. The maximum absolute atomic E-state index is 11.1. The second-order valence-corrected chi connectivity index (χ2v) is 6.63. The summed E-state index contributed by atoms with van der Waals surface area (Å²) < 4.78 is 0. The number of piperidine rings is 1. The maximum atomic E-state index is 11.1. The number of carbonyl (C=O) groups is 1. The highest BCUT2D eigenvalue weighted by Gasteiger charge is 2.36. The first-order valence-corrected chi connectivity index (χ1v) is 7.15. The van der Waals surface area contributed by atoms with Crippen molar-refractivity contribution in [1.82, 2.24) is 4.90 Å². The monoisotopic (exact) mass is 254 g/mol. The normalized spacial score (nSPS) is 33.7. The Morgan fingerprint density at radius 3 is 2.50 bits per heavy atom. The molecule has 0 amide bonds. The van der Waals surface area contributed by atoms with Crippen LogP contribution in [0.3, 0.4) is 0 Å². The van der Waals surface area contributed by atoms with Crippen molar-refractivity contribution in [2.75, 3.05) is 13.1 Å². The summed E-state index contributed by atoms with van der Waals surface area (Å²) in [6.45, 7) is 6.01. The number of carboxylic acids is 1. The van der Waals surface area contributed by atoms with E-state index in [2.05, 4.69) is 11.8 Å². The average molecular weight is 254 g/mol. The number of nitrogens with two attached hydrogens (primary N) is 1. The molecule has 0 radical (unpaired) electrons. The van der Waals surface area contributed by atoms with Crippen LogP contribution in [0.5, 0.6) is 0 Å². The highest BCUT2D eigenvalue weighted by atomic mass is 16.4. The van der Waals surface area contributed by atoms with Crippen LogP contribution in [-0.2, 0) is 4.79 Å². The van der Waals surface area contributed by atoms with Gasteiger partial charge in [-0.3, -0.25) is 4.79 Å².